The second-order valence-electron chi connectivity index (χ2n) is 6.14. The lowest BCUT2D eigenvalue weighted by Gasteiger charge is -2.38. The molecule has 4 atom stereocenters. The molecule has 2 N–H and O–H groups in total. The van der Waals surface area contributed by atoms with Gasteiger partial charge in [0.05, 0.1) is 6.10 Å². The van der Waals surface area contributed by atoms with Gasteiger partial charge in [-0.1, -0.05) is 33.1 Å². The minimum Gasteiger partial charge on any atom is -0.376 e. The molecule has 0 saturated heterocycles. The summed E-state index contributed by atoms with van der Waals surface area (Å²) < 4.78 is 6.04. The molecule has 2 heteroatoms. The molecule has 0 aromatic heterocycles. The van der Waals surface area contributed by atoms with E-state index in [4.69, 9.17) is 10.5 Å². The quantitative estimate of drug-likeness (QED) is 0.798. The molecule has 0 radical (unpaired) electrons. The van der Waals surface area contributed by atoms with Crippen LogP contribution >= 0.6 is 0 Å². The number of hydrogen-bond acceptors (Lipinski definition) is 2. The fourth-order valence-electron chi connectivity index (χ4n) is 3.33. The smallest absolute Gasteiger partial charge is 0.0751 e. The van der Waals surface area contributed by atoms with Crippen LogP contribution in [0, 0.1) is 17.8 Å². The summed E-state index contributed by atoms with van der Waals surface area (Å²) in [6, 6.07) is 0.264. The molecule has 0 bridgehead atoms. The number of hydrogen-bond donors (Lipinski definition) is 1. The first-order chi connectivity index (χ1) is 7.66. The molecule has 94 valence electrons. The Morgan fingerprint density at radius 3 is 2.50 bits per heavy atom. The van der Waals surface area contributed by atoms with Crippen molar-refractivity contribution in [3.05, 3.63) is 0 Å². The molecule has 2 rings (SSSR count). The van der Waals surface area contributed by atoms with Gasteiger partial charge in [-0.05, 0) is 37.0 Å². The molecule has 2 aliphatic rings. The van der Waals surface area contributed by atoms with E-state index >= 15 is 0 Å². The van der Waals surface area contributed by atoms with Crippen LogP contribution in [-0.4, -0.2) is 18.8 Å². The van der Waals surface area contributed by atoms with Crippen molar-refractivity contribution in [3.8, 4) is 0 Å². The SMILES string of the molecule is CC1CC(C)C(OCCC2CCC2)C(N)C1. The monoisotopic (exact) mass is 225 g/mol. The molecule has 2 fully saturated rings. The van der Waals surface area contributed by atoms with Crippen molar-refractivity contribution in [1.82, 2.24) is 0 Å². The minimum atomic E-state index is 0.264. The molecule has 0 amide bonds. The standard InChI is InChI=1S/C14H27NO/c1-10-8-11(2)14(13(15)9-10)16-7-6-12-4-3-5-12/h10-14H,3-9,15H2,1-2H3. The predicted octanol–water partition coefficient (Wildman–Crippen LogP) is 2.96. The molecule has 4 unspecified atom stereocenters. The van der Waals surface area contributed by atoms with E-state index in [2.05, 4.69) is 13.8 Å². The summed E-state index contributed by atoms with van der Waals surface area (Å²) in [4.78, 5) is 0. The van der Waals surface area contributed by atoms with E-state index in [1.165, 1.54) is 32.1 Å². The lowest BCUT2D eigenvalue weighted by Crippen LogP contribution is -2.46. The van der Waals surface area contributed by atoms with Crippen LogP contribution in [0.2, 0.25) is 0 Å². The van der Waals surface area contributed by atoms with Crippen LogP contribution in [0.3, 0.4) is 0 Å². The van der Waals surface area contributed by atoms with Crippen LogP contribution < -0.4 is 5.73 Å². The summed E-state index contributed by atoms with van der Waals surface area (Å²) in [6.07, 6.45) is 8.27. The largest absolute Gasteiger partial charge is 0.376 e. The van der Waals surface area contributed by atoms with Crippen molar-refractivity contribution in [1.29, 1.82) is 0 Å². The van der Waals surface area contributed by atoms with Gasteiger partial charge >= 0.3 is 0 Å². The van der Waals surface area contributed by atoms with Crippen molar-refractivity contribution < 1.29 is 4.74 Å². The Morgan fingerprint density at radius 1 is 1.19 bits per heavy atom. The summed E-state index contributed by atoms with van der Waals surface area (Å²) in [7, 11) is 0. The molecular formula is C14H27NO. The molecule has 2 aliphatic carbocycles. The van der Waals surface area contributed by atoms with E-state index in [9.17, 15) is 0 Å². The maximum Gasteiger partial charge on any atom is 0.0751 e. The number of ether oxygens (including phenoxy) is 1. The third-order valence-electron chi connectivity index (χ3n) is 4.49. The van der Waals surface area contributed by atoms with Gasteiger partial charge in [-0.2, -0.15) is 0 Å². The third-order valence-corrected chi connectivity index (χ3v) is 4.49. The van der Waals surface area contributed by atoms with Gasteiger partial charge in [0, 0.05) is 12.6 Å². The average molecular weight is 225 g/mol. The van der Waals surface area contributed by atoms with Crippen LogP contribution in [0.25, 0.3) is 0 Å². The zero-order chi connectivity index (χ0) is 11.5. The van der Waals surface area contributed by atoms with E-state index in [0.717, 1.165) is 24.9 Å². The Kier molecular flexibility index (Phi) is 4.26. The van der Waals surface area contributed by atoms with Gasteiger partial charge in [0.2, 0.25) is 0 Å². The molecule has 0 aromatic carbocycles. The maximum atomic E-state index is 6.20. The van der Waals surface area contributed by atoms with Crippen LogP contribution in [0.4, 0.5) is 0 Å². The summed E-state index contributed by atoms with van der Waals surface area (Å²) in [5.41, 5.74) is 6.20. The molecule has 0 aliphatic heterocycles. The van der Waals surface area contributed by atoms with Crippen molar-refractivity contribution >= 4 is 0 Å². The highest BCUT2D eigenvalue weighted by Gasteiger charge is 2.32. The van der Waals surface area contributed by atoms with Crippen molar-refractivity contribution in [3.63, 3.8) is 0 Å². The van der Waals surface area contributed by atoms with Crippen LogP contribution in [0.15, 0.2) is 0 Å². The van der Waals surface area contributed by atoms with Crippen LogP contribution in [0.1, 0.15) is 52.4 Å². The summed E-state index contributed by atoms with van der Waals surface area (Å²) in [5.74, 6) is 2.37. The normalized spacial score (nSPS) is 40.7. The molecule has 16 heavy (non-hydrogen) atoms. The van der Waals surface area contributed by atoms with Gasteiger partial charge in [-0.25, -0.2) is 0 Å². The van der Waals surface area contributed by atoms with E-state index in [-0.39, 0.29) is 6.04 Å². The Labute approximate surface area is 99.9 Å². The van der Waals surface area contributed by atoms with E-state index in [1.54, 1.807) is 0 Å². The Hall–Kier alpha value is -0.0800. The zero-order valence-corrected chi connectivity index (χ0v) is 10.8. The van der Waals surface area contributed by atoms with Gasteiger partial charge in [0.1, 0.15) is 0 Å². The fourth-order valence-corrected chi connectivity index (χ4v) is 3.33. The molecule has 0 heterocycles. The number of nitrogens with two attached hydrogens (primary N) is 1. The van der Waals surface area contributed by atoms with E-state index in [0.29, 0.717) is 12.0 Å². The molecule has 0 aromatic rings. The lowest BCUT2D eigenvalue weighted by molar-refractivity contribution is -0.0355. The van der Waals surface area contributed by atoms with Gasteiger partial charge < -0.3 is 10.5 Å². The zero-order valence-electron chi connectivity index (χ0n) is 10.8. The van der Waals surface area contributed by atoms with Gasteiger partial charge in [0.25, 0.3) is 0 Å². The Morgan fingerprint density at radius 2 is 1.94 bits per heavy atom. The van der Waals surface area contributed by atoms with Gasteiger partial charge in [0.15, 0.2) is 0 Å². The first-order valence-corrected chi connectivity index (χ1v) is 7.04. The van der Waals surface area contributed by atoms with Crippen molar-refractivity contribution in [2.24, 2.45) is 23.5 Å². The second-order valence-corrected chi connectivity index (χ2v) is 6.14. The second kappa shape index (κ2) is 5.50. The molecule has 2 saturated carbocycles. The fraction of sp³-hybridized carbons (Fsp3) is 1.00. The Balaban J connectivity index is 1.70. The van der Waals surface area contributed by atoms with E-state index < -0.39 is 0 Å². The summed E-state index contributed by atoms with van der Waals surface area (Å²) in [6.45, 7) is 5.53. The van der Waals surface area contributed by atoms with Gasteiger partial charge in [-0.15, -0.1) is 0 Å². The highest BCUT2D eigenvalue weighted by Crippen LogP contribution is 2.32. The maximum absolute atomic E-state index is 6.20. The average Bonchev–Trinajstić information content (AvgIpc) is 2.12. The number of rotatable bonds is 4. The van der Waals surface area contributed by atoms with Crippen molar-refractivity contribution in [2.45, 2.75) is 64.5 Å². The summed E-state index contributed by atoms with van der Waals surface area (Å²) in [5, 5.41) is 0. The topological polar surface area (TPSA) is 35.2 Å². The first kappa shape index (κ1) is 12.4. The molecule has 0 spiro atoms. The predicted molar refractivity (Wildman–Crippen MR) is 67.2 cm³/mol. The van der Waals surface area contributed by atoms with Crippen LogP contribution in [0.5, 0.6) is 0 Å². The van der Waals surface area contributed by atoms with Gasteiger partial charge in [-0.3, -0.25) is 0 Å². The third kappa shape index (κ3) is 2.98. The highest BCUT2D eigenvalue weighted by molar-refractivity contribution is 4.86. The molecule has 2 nitrogen and oxygen atoms in total. The van der Waals surface area contributed by atoms with Crippen molar-refractivity contribution in [2.75, 3.05) is 6.61 Å². The highest BCUT2D eigenvalue weighted by atomic mass is 16.5. The van der Waals surface area contributed by atoms with Crippen LogP contribution in [-0.2, 0) is 4.74 Å². The first-order valence-electron chi connectivity index (χ1n) is 7.04. The Bertz CT molecular complexity index is 203. The van der Waals surface area contributed by atoms with E-state index in [1.807, 2.05) is 0 Å². The summed E-state index contributed by atoms with van der Waals surface area (Å²) >= 11 is 0. The lowest BCUT2D eigenvalue weighted by atomic mass is 9.78. The molecular weight excluding hydrogens is 198 g/mol. The minimum absolute atomic E-state index is 0.264.